The molecule has 0 spiro atoms. The number of nitrogens with one attached hydrogen (secondary N) is 1. The second-order valence-electron chi connectivity index (χ2n) is 8.94. The molecule has 1 saturated carbocycles. The molecule has 1 aliphatic heterocycles. The molecule has 34 heavy (non-hydrogen) atoms. The molecule has 1 amide bonds. The number of ether oxygens (including phenoxy) is 2. The maximum atomic E-state index is 12.6. The van der Waals surface area contributed by atoms with Crippen molar-refractivity contribution in [2.24, 2.45) is 0 Å². The van der Waals surface area contributed by atoms with E-state index in [0.717, 1.165) is 86.4 Å². The highest BCUT2D eigenvalue weighted by Gasteiger charge is 2.25. The molecule has 178 valence electrons. The van der Waals surface area contributed by atoms with Gasteiger partial charge in [0.05, 0.1) is 24.8 Å². The summed E-state index contributed by atoms with van der Waals surface area (Å²) in [7, 11) is 0. The van der Waals surface area contributed by atoms with Gasteiger partial charge in [-0.1, -0.05) is 13.0 Å². The molecule has 0 atom stereocenters. The molecule has 2 fully saturated rings. The molecule has 1 aromatic carbocycles. The predicted octanol–water partition coefficient (Wildman–Crippen LogP) is 3.54. The third-order valence-corrected chi connectivity index (χ3v) is 6.67. The van der Waals surface area contributed by atoms with E-state index in [2.05, 4.69) is 44.2 Å². The lowest BCUT2D eigenvalue weighted by atomic mass is 9.92. The van der Waals surface area contributed by atoms with Gasteiger partial charge in [-0.3, -0.25) is 14.8 Å². The van der Waals surface area contributed by atoms with E-state index in [1.165, 1.54) is 0 Å². The summed E-state index contributed by atoms with van der Waals surface area (Å²) in [5.74, 6) is 0.672. The zero-order valence-electron chi connectivity index (χ0n) is 19.6. The number of hydrogen-bond donors (Lipinski definition) is 1. The van der Waals surface area contributed by atoms with E-state index in [1.807, 2.05) is 6.07 Å². The van der Waals surface area contributed by atoms with E-state index in [0.29, 0.717) is 5.69 Å². The highest BCUT2D eigenvalue weighted by molar-refractivity contribution is 5.92. The van der Waals surface area contributed by atoms with Gasteiger partial charge in [-0.25, -0.2) is 4.98 Å². The topological polar surface area (TPSA) is 89.5 Å². The fourth-order valence-corrected chi connectivity index (χ4v) is 4.65. The number of amides is 1. The first kappa shape index (κ1) is 22.5. The summed E-state index contributed by atoms with van der Waals surface area (Å²) in [4.78, 5) is 28.2. The number of fused-ring (bicyclic) bond motifs is 1. The predicted molar refractivity (Wildman–Crippen MR) is 130 cm³/mol. The maximum Gasteiger partial charge on any atom is 0.270 e. The van der Waals surface area contributed by atoms with Crippen molar-refractivity contribution in [3.05, 3.63) is 54.1 Å². The number of hydrogen-bond acceptors (Lipinski definition) is 7. The number of anilines is 1. The number of aromatic nitrogens is 3. The van der Waals surface area contributed by atoms with Crippen LogP contribution in [0.3, 0.4) is 0 Å². The lowest BCUT2D eigenvalue weighted by Crippen LogP contribution is -2.40. The molecule has 1 saturated heterocycles. The van der Waals surface area contributed by atoms with E-state index in [1.54, 1.807) is 24.7 Å². The summed E-state index contributed by atoms with van der Waals surface area (Å²) < 4.78 is 12.0. The van der Waals surface area contributed by atoms with Crippen LogP contribution in [0.25, 0.3) is 11.0 Å². The second kappa shape index (κ2) is 10.3. The van der Waals surface area contributed by atoms with Crippen molar-refractivity contribution in [1.82, 2.24) is 20.3 Å². The quantitative estimate of drug-likeness (QED) is 0.600. The van der Waals surface area contributed by atoms with Crippen LogP contribution >= 0.6 is 0 Å². The third-order valence-electron chi connectivity index (χ3n) is 6.67. The SMILES string of the molecule is CCc1ccc(C(=O)N[C@H]2CC[C@@H](Oc3cc(N4CCOCC4)cc4nccnc34)CC2)nc1. The van der Waals surface area contributed by atoms with E-state index >= 15 is 0 Å². The van der Waals surface area contributed by atoms with Gasteiger partial charge < -0.3 is 19.7 Å². The van der Waals surface area contributed by atoms with Crippen LogP contribution in [0.15, 0.2) is 42.9 Å². The number of carbonyl (C=O) groups is 1. The molecule has 8 heteroatoms. The maximum absolute atomic E-state index is 12.6. The van der Waals surface area contributed by atoms with Gasteiger partial charge in [0.2, 0.25) is 0 Å². The van der Waals surface area contributed by atoms with Crippen LogP contribution in [0.1, 0.15) is 48.7 Å². The summed E-state index contributed by atoms with van der Waals surface area (Å²) in [6.07, 6.45) is 9.68. The molecule has 0 bridgehead atoms. The van der Waals surface area contributed by atoms with E-state index in [4.69, 9.17) is 9.47 Å². The minimum Gasteiger partial charge on any atom is -0.488 e. The van der Waals surface area contributed by atoms with Crippen molar-refractivity contribution in [3.8, 4) is 5.75 Å². The Labute approximate surface area is 199 Å². The van der Waals surface area contributed by atoms with Crippen LogP contribution < -0.4 is 15.0 Å². The van der Waals surface area contributed by atoms with Gasteiger partial charge in [0, 0.05) is 49.5 Å². The van der Waals surface area contributed by atoms with Gasteiger partial charge in [0.15, 0.2) is 0 Å². The Bertz CT molecular complexity index is 1120. The summed E-state index contributed by atoms with van der Waals surface area (Å²) in [5.41, 5.74) is 4.32. The van der Waals surface area contributed by atoms with Gasteiger partial charge in [-0.05, 0) is 49.8 Å². The average molecular weight is 462 g/mol. The summed E-state index contributed by atoms with van der Waals surface area (Å²) >= 11 is 0. The van der Waals surface area contributed by atoms with Crippen molar-refractivity contribution in [2.75, 3.05) is 31.2 Å². The Morgan fingerprint density at radius 3 is 2.62 bits per heavy atom. The van der Waals surface area contributed by atoms with Crippen molar-refractivity contribution < 1.29 is 14.3 Å². The molecule has 0 radical (unpaired) electrons. The van der Waals surface area contributed by atoms with Crippen molar-refractivity contribution in [1.29, 1.82) is 0 Å². The number of benzene rings is 1. The van der Waals surface area contributed by atoms with Crippen LogP contribution in [0.2, 0.25) is 0 Å². The van der Waals surface area contributed by atoms with E-state index < -0.39 is 0 Å². The molecule has 8 nitrogen and oxygen atoms in total. The van der Waals surface area contributed by atoms with Gasteiger partial charge in [0.25, 0.3) is 5.91 Å². The van der Waals surface area contributed by atoms with Gasteiger partial charge in [-0.2, -0.15) is 0 Å². The first-order chi connectivity index (χ1) is 16.7. The first-order valence-electron chi connectivity index (χ1n) is 12.2. The molecule has 0 unspecified atom stereocenters. The van der Waals surface area contributed by atoms with Crippen LogP contribution in [-0.4, -0.2) is 59.3 Å². The lowest BCUT2D eigenvalue weighted by molar-refractivity contribution is 0.0890. The average Bonchev–Trinajstić information content (AvgIpc) is 2.90. The molecule has 1 aliphatic carbocycles. The minimum atomic E-state index is -0.105. The normalized spacial score (nSPS) is 20.8. The van der Waals surface area contributed by atoms with Gasteiger partial charge in [-0.15, -0.1) is 0 Å². The van der Waals surface area contributed by atoms with E-state index in [9.17, 15) is 4.79 Å². The summed E-state index contributed by atoms with van der Waals surface area (Å²) in [5, 5.41) is 3.14. The Hall–Kier alpha value is -3.26. The fraction of sp³-hybridized carbons (Fsp3) is 0.462. The molecular formula is C26H31N5O3. The monoisotopic (exact) mass is 461 g/mol. The number of nitrogens with zero attached hydrogens (tertiary/aromatic N) is 4. The van der Waals surface area contributed by atoms with Crippen LogP contribution in [0.5, 0.6) is 5.75 Å². The van der Waals surface area contributed by atoms with Crippen molar-refractivity contribution in [3.63, 3.8) is 0 Å². The zero-order chi connectivity index (χ0) is 23.3. The van der Waals surface area contributed by atoms with Crippen LogP contribution in [0, 0.1) is 0 Å². The highest BCUT2D eigenvalue weighted by Crippen LogP contribution is 2.33. The molecule has 2 aliphatic rings. The number of morpholine rings is 1. The number of pyridine rings is 1. The second-order valence-corrected chi connectivity index (χ2v) is 8.94. The Kier molecular flexibility index (Phi) is 6.85. The highest BCUT2D eigenvalue weighted by atomic mass is 16.5. The van der Waals surface area contributed by atoms with Crippen molar-refractivity contribution in [2.45, 2.75) is 51.2 Å². The minimum absolute atomic E-state index is 0.0836. The molecule has 3 heterocycles. The standard InChI is InChI=1S/C26H31N5O3/c1-2-18-3-8-22(29-17-18)26(32)30-19-4-6-21(7-5-19)34-24-16-20(31-11-13-33-14-12-31)15-23-25(24)28-10-9-27-23/h3,8-10,15-17,19,21H,2,4-7,11-14H2,1H3,(H,30,32)/t19-,21+. The Morgan fingerprint density at radius 1 is 1.09 bits per heavy atom. The van der Waals surface area contributed by atoms with Crippen LogP contribution in [0.4, 0.5) is 5.69 Å². The lowest BCUT2D eigenvalue weighted by Gasteiger charge is -2.31. The molecule has 5 rings (SSSR count). The number of rotatable bonds is 6. The first-order valence-corrected chi connectivity index (χ1v) is 12.2. The molecule has 2 aromatic heterocycles. The zero-order valence-corrected chi connectivity index (χ0v) is 19.6. The molecule has 3 aromatic rings. The number of carbonyl (C=O) groups excluding carboxylic acids is 1. The fourth-order valence-electron chi connectivity index (χ4n) is 4.65. The summed E-state index contributed by atoms with van der Waals surface area (Å²) in [6.45, 7) is 5.23. The molecular weight excluding hydrogens is 430 g/mol. The van der Waals surface area contributed by atoms with Gasteiger partial charge >= 0.3 is 0 Å². The smallest absolute Gasteiger partial charge is 0.270 e. The Balaban J connectivity index is 1.22. The molecule has 1 N–H and O–H groups in total. The van der Waals surface area contributed by atoms with Crippen molar-refractivity contribution >= 4 is 22.6 Å². The third kappa shape index (κ3) is 5.12. The van der Waals surface area contributed by atoms with Crippen LogP contribution in [-0.2, 0) is 11.2 Å². The number of aryl methyl sites for hydroxylation is 1. The largest absolute Gasteiger partial charge is 0.488 e. The Morgan fingerprint density at radius 2 is 1.88 bits per heavy atom. The van der Waals surface area contributed by atoms with Gasteiger partial charge in [0.1, 0.15) is 17.0 Å². The summed E-state index contributed by atoms with van der Waals surface area (Å²) in [6, 6.07) is 8.06. The van der Waals surface area contributed by atoms with E-state index in [-0.39, 0.29) is 18.1 Å².